The highest BCUT2D eigenvalue weighted by atomic mass is 16.4. The van der Waals surface area contributed by atoms with Gasteiger partial charge in [0.1, 0.15) is 0 Å². The highest BCUT2D eigenvalue weighted by molar-refractivity contribution is 5.66. The van der Waals surface area contributed by atoms with E-state index in [0.717, 1.165) is 38.5 Å². The molecular weight excluding hydrogens is 296 g/mol. The second-order valence-corrected chi connectivity index (χ2v) is 5.35. The van der Waals surface area contributed by atoms with Gasteiger partial charge < -0.3 is 5.11 Å². The quantitative estimate of drug-likeness (QED) is 0.367. The standard InChI is InChI=1S/C22H32O2/c1-2-3-4-5-6-7-8-9-10-11-12-13-14-15-16-17-18-19-20-21-22(23)24/h3-4,6-7,9-10,12-13,15-16,18-19H,2,5,8,11,14,17,20-21H2,1H3,(H,23,24)/b4-3+,7-6+,10-9-,13-12-,16-15+,19-18+. The van der Waals surface area contributed by atoms with E-state index in [9.17, 15) is 4.79 Å². The second-order valence-electron chi connectivity index (χ2n) is 5.35. The van der Waals surface area contributed by atoms with E-state index in [0.29, 0.717) is 6.42 Å². The molecular formula is C22H32O2. The van der Waals surface area contributed by atoms with Crippen LogP contribution in [0.1, 0.15) is 58.3 Å². The molecule has 0 fully saturated rings. The van der Waals surface area contributed by atoms with E-state index < -0.39 is 5.97 Å². The van der Waals surface area contributed by atoms with Gasteiger partial charge in [-0.3, -0.25) is 4.79 Å². The topological polar surface area (TPSA) is 37.3 Å². The minimum absolute atomic E-state index is 0.210. The zero-order chi connectivity index (χ0) is 17.7. The Bertz CT molecular complexity index is 462. The number of allylic oxidation sites excluding steroid dienone is 12. The Morgan fingerprint density at radius 1 is 0.625 bits per heavy atom. The van der Waals surface area contributed by atoms with Gasteiger partial charge in [-0.05, 0) is 44.9 Å². The number of hydrogen-bond donors (Lipinski definition) is 1. The molecule has 0 atom stereocenters. The zero-order valence-corrected chi connectivity index (χ0v) is 14.9. The fourth-order valence-electron chi connectivity index (χ4n) is 1.85. The van der Waals surface area contributed by atoms with Crippen LogP contribution in [0.15, 0.2) is 72.9 Å². The third-order valence-corrected chi connectivity index (χ3v) is 3.12. The van der Waals surface area contributed by atoms with Gasteiger partial charge in [0, 0.05) is 6.42 Å². The number of carboxylic acids is 1. The normalized spacial score (nSPS) is 13.0. The van der Waals surface area contributed by atoms with Crippen molar-refractivity contribution >= 4 is 5.97 Å². The Balaban J connectivity index is 3.51. The van der Waals surface area contributed by atoms with Crippen molar-refractivity contribution in [2.75, 3.05) is 0 Å². The largest absolute Gasteiger partial charge is 0.481 e. The Kier molecular flexibility index (Phi) is 17.3. The van der Waals surface area contributed by atoms with Crippen molar-refractivity contribution in [3.63, 3.8) is 0 Å². The molecule has 1 N–H and O–H groups in total. The van der Waals surface area contributed by atoms with Gasteiger partial charge in [-0.25, -0.2) is 0 Å². The maximum absolute atomic E-state index is 10.3. The minimum atomic E-state index is -0.741. The van der Waals surface area contributed by atoms with Crippen molar-refractivity contribution in [3.05, 3.63) is 72.9 Å². The first-order valence-electron chi connectivity index (χ1n) is 8.89. The first-order chi connectivity index (χ1) is 11.8. The minimum Gasteiger partial charge on any atom is -0.481 e. The Labute approximate surface area is 147 Å². The maximum Gasteiger partial charge on any atom is 0.303 e. The van der Waals surface area contributed by atoms with Crippen LogP contribution in [0, 0.1) is 0 Å². The first-order valence-corrected chi connectivity index (χ1v) is 8.89. The monoisotopic (exact) mass is 328 g/mol. The van der Waals surface area contributed by atoms with E-state index in [-0.39, 0.29) is 6.42 Å². The van der Waals surface area contributed by atoms with Gasteiger partial charge in [-0.15, -0.1) is 0 Å². The van der Waals surface area contributed by atoms with Crippen LogP contribution in [-0.4, -0.2) is 11.1 Å². The second kappa shape index (κ2) is 19.0. The van der Waals surface area contributed by atoms with Crippen molar-refractivity contribution in [2.45, 2.75) is 58.3 Å². The summed E-state index contributed by atoms with van der Waals surface area (Å²) in [6.45, 7) is 2.15. The van der Waals surface area contributed by atoms with Gasteiger partial charge in [-0.2, -0.15) is 0 Å². The lowest BCUT2D eigenvalue weighted by Gasteiger charge is -1.87. The Morgan fingerprint density at radius 2 is 0.958 bits per heavy atom. The highest BCUT2D eigenvalue weighted by Gasteiger charge is 1.90. The van der Waals surface area contributed by atoms with Crippen LogP contribution < -0.4 is 0 Å². The molecule has 0 aliphatic rings. The first kappa shape index (κ1) is 21.9. The molecule has 0 bridgehead atoms. The van der Waals surface area contributed by atoms with Gasteiger partial charge in [0.05, 0.1) is 0 Å². The Morgan fingerprint density at radius 3 is 1.29 bits per heavy atom. The van der Waals surface area contributed by atoms with Crippen LogP contribution in [0.4, 0.5) is 0 Å². The molecule has 2 heteroatoms. The smallest absolute Gasteiger partial charge is 0.303 e. The molecule has 0 spiro atoms. The van der Waals surface area contributed by atoms with Crippen molar-refractivity contribution in [1.82, 2.24) is 0 Å². The zero-order valence-electron chi connectivity index (χ0n) is 14.9. The van der Waals surface area contributed by atoms with Crippen molar-refractivity contribution in [1.29, 1.82) is 0 Å². The molecule has 0 heterocycles. The summed E-state index contributed by atoms with van der Waals surface area (Å²) in [6.07, 6.45) is 32.5. The van der Waals surface area contributed by atoms with E-state index in [1.165, 1.54) is 0 Å². The third kappa shape index (κ3) is 19.9. The van der Waals surface area contributed by atoms with Crippen LogP contribution in [0.25, 0.3) is 0 Å². The van der Waals surface area contributed by atoms with Crippen LogP contribution in [0.3, 0.4) is 0 Å². The number of rotatable bonds is 14. The van der Waals surface area contributed by atoms with E-state index in [1.54, 1.807) is 0 Å². The van der Waals surface area contributed by atoms with Crippen LogP contribution >= 0.6 is 0 Å². The van der Waals surface area contributed by atoms with Gasteiger partial charge >= 0.3 is 5.97 Å². The average molecular weight is 328 g/mol. The summed E-state index contributed by atoms with van der Waals surface area (Å²) in [4.78, 5) is 10.3. The summed E-state index contributed by atoms with van der Waals surface area (Å²) in [5.41, 5.74) is 0. The number of carboxylic acid groups (broad SMARTS) is 1. The van der Waals surface area contributed by atoms with Gasteiger partial charge in [0.2, 0.25) is 0 Å². The molecule has 0 aromatic carbocycles. The summed E-state index contributed by atoms with van der Waals surface area (Å²) in [6, 6.07) is 0. The van der Waals surface area contributed by atoms with E-state index in [1.807, 2.05) is 12.2 Å². The summed E-state index contributed by atoms with van der Waals surface area (Å²) < 4.78 is 0. The number of carbonyl (C=O) groups is 1. The summed E-state index contributed by atoms with van der Waals surface area (Å²) in [5, 5.41) is 8.49. The fraction of sp³-hybridized carbons (Fsp3) is 0.409. The molecule has 2 nitrogen and oxygen atoms in total. The number of hydrogen-bond acceptors (Lipinski definition) is 1. The molecule has 0 rings (SSSR count). The fourth-order valence-corrected chi connectivity index (χ4v) is 1.85. The third-order valence-electron chi connectivity index (χ3n) is 3.12. The molecule has 0 unspecified atom stereocenters. The van der Waals surface area contributed by atoms with E-state index in [2.05, 4.69) is 67.7 Å². The van der Waals surface area contributed by atoms with Crippen LogP contribution in [-0.2, 0) is 4.79 Å². The molecule has 0 saturated heterocycles. The number of aliphatic carboxylic acids is 1. The molecule has 0 amide bonds. The molecule has 0 aliphatic carbocycles. The molecule has 24 heavy (non-hydrogen) atoms. The average Bonchev–Trinajstić information content (AvgIpc) is 2.56. The molecule has 0 saturated carbocycles. The van der Waals surface area contributed by atoms with Crippen LogP contribution in [0.2, 0.25) is 0 Å². The maximum atomic E-state index is 10.3. The lowest BCUT2D eigenvalue weighted by atomic mass is 10.2. The van der Waals surface area contributed by atoms with Gasteiger partial charge in [-0.1, -0.05) is 79.8 Å². The van der Waals surface area contributed by atoms with Crippen molar-refractivity contribution in [3.8, 4) is 0 Å². The van der Waals surface area contributed by atoms with Crippen molar-refractivity contribution in [2.24, 2.45) is 0 Å². The molecule has 0 aromatic rings. The molecule has 0 aromatic heterocycles. The molecule has 0 aliphatic heterocycles. The highest BCUT2D eigenvalue weighted by Crippen LogP contribution is 1.97. The predicted octanol–water partition coefficient (Wildman–Crippen LogP) is 6.55. The SMILES string of the molecule is CC/C=C/C/C=C/C/C=C\C/C=C\C/C=C/C/C=C/CCC(=O)O. The lowest BCUT2D eigenvalue weighted by molar-refractivity contribution is -0.136. The van der Waals surface area contributed by atoms with E-state index in [4.69, 9.17) is 5.11 Å². The summed E-state index contributed by atoms with van der Waals surface area (Å²) in [5.74, 6) is -0.741. The molecule has 132 valence electrons. The summed E-state index contributed by atoms with van der Waals surface area (Å²) in [7, 11) is 0. The lowest BCUT2D eigenvalue weighted by Crippen LogP contribution is -1.91. The van der Waals surface area contributed by atoms with Crippen LogP contribution in [0.5, 0.6) is 0 Å². The van der Waals surface area contributed by atoms with Gasteiger partial charge in [0.15, 0.2) is 0 Å². The molecule has 0 radical (unpaired) electrons. The summed E-state index contributed by atoms with van der Waals surface area (Å²) >= 11 is 0. The Hall–Kier alpha value is -2.09. The van der Waals surface area contributed by atoms with Crippen molar-refractivity contribution < 1.29 is 9.90 Å². The van der Waals surface area contributed by atoms with E-state index >= 15 is 0 Å². The van der Waals surface area contributed by atoms with Gasteiger partial charge in [0.25, 0.3) is 0 Å². The predicted molar refractivity (Wildman–Crippen MR) is 105 cm³/mol.